The Morgan fingerprint density at radius 3 is 2.38 bits per heavy atom. The van der Waals surface area contributed by atoms with Crippen LogP contribution in [0.5, 0.6) is 11.5 Å². The van der Waals surface area contributed by atoms with Gasteiger partial charge in [0.05, 0.1) is 19.6 Å². The van der Waals surface area contributed by atoms with Crippen molar-refractivity contribution in [2.24, 2.45) is 0 Å². The van der Waals surface area contributed by atoms with Crippen molar-refractivity contribution in [3.8, 4) is 11.5 Å². The molecule has 0 aliphatic rings. The van der Waals surface area contributed by atoms with Gasteiger partial charge in [0, 0.05) is 10.0 Å². The van der Waals surface area contributed by atoms with E-state index in [-0.39, 0.29) is 5.75 Å². The van der Waals surface area contributed by atoms with Crippen molar-refractivity contribution in [2.75, 3.05) is 14.2 Å². The number of alkyl halides is 1. The molecule has 0 heterocycles. The molecule has 0 radical (unpaired) electrons. The van der Waals surface area contributed by atoms with Gasteiger partial charge in [-0.05, 0) is 42.3 Å². The highest BCUT2D eigenvalue weighted by Crippen LogP contribution is 2.39. The largest absolute Gasteiger partial charge is 0.496 e. The molecule has 2 aromatic carbocycles. The minimum atomic E-state index is -0.466. The number of rotatable bonds is 4. The lowest BCUT2D eigenvalue weighted by molar-refractivity contribution is 0.386. The van der Waals surface area contributed by atoms with Crippen LogP contribution >= 0.6 is 27.5 Å². The third-order valence-corrected chi connectivity index (χ3v) is 4.59. The molecule has 1 atom stereocenters. The number of aryl methyl sites for hydroxylation is 1. The number of benzene rings is 2. The fourth-order valence-corrected chi connectivity index (χ4v) is 2.73. The molecule has 0 fully saturated rings. The average Bonchev–Trinajstić information content (AvgIpc) is 2.49. The molecule has 0 aromatic heterocycles. The number of methoxy groups -OCH3 is 2. The molecule has 0 N–H and O–H groups in total. The van der Waals surface area contributed by atoms with Crippen LogP contribution in [0.1, 0.15) is 22.1 Å². The van der Waals surface area contributed by atoms with Crippen LogP contribution in [-0.2, 0) is 0 Å². The lowest BCUT2D eigenvalue weighted by atomic mass is 10.0. The van der Waals surface area contributed by atoms with Crippen LogP contribution in [0, 0.1) is 12.7 Å². The zero-order valence-corrected chi connectivity index (χ0v) is 14.3. The van der Waals surface area contributed by atoms with Crippen molar-refractivity contribution in [1.29, 1.82) is 0 Å². The van der Waals surface area contributed by atoms with E-state index in [9.17, 15) is 4.39 Å². The fourth-order valence-electron chi connectivity index (χ4n) is 2.06. The van der Waals surface area contributed by atoms with Gasteiger partial charge in [-0.1, -0.05) is 22.0 Å². The molecule has 2 aromatic rings. The predicted molar refractivity (Wildman–Crippen MR) is 86.1 cm³/mol. The topological polar surface area (TPSA) is 18.5 Å². The molecule has 0 aliphatic carbocycles. The molecule has 2 rings (SSSR count). The first kappa shape index (κ1) is 16.1. The van der Waals surface area contributed by atoms with E-state index < -0.39 is 11.2 Å². The van der Waals surface area contributed by atoms with Gasteiger partial charge in [0.15, 0.2) is 11.6 Å². The van der Waals surface area contributed by atoms with E-state index in [0.717, 1.165) is 21.2 Å². The minimum Gasteiger partial charge on any atom is -0.496 e. The van der Waals surface area contributed by atoms with Crippen molar-refractivity contribution < 1.29 is 13.9 Å². The Morgan fingerprint density at radius 1 is 1.10 bits per heavy atom. The molecule has 0 amide bonds. The normalized spacial score (nSPS) is 12.1. The van der Waals surface area contributed by atoms with E-state index in [1.54, 1.807) is 19.2 Å². The Bertz CT molecular complexity index is 661. The Labute approximate surface area is 137 Å². The van der Waals surface area contributed by atoms with Crippen LogP contribution in [-0.4, -0.2) is 14.2 Å². The second kappa shape index (κ2) is 6.67. The van der Waals surface area contributed by atoms with Crippen molar-refractivity contribution in [2.45, 2.75) is 12.3 Å². The molecule has 112 valence electrons. The van der Waals surface area contributed by atoms with Crippen LogP contribution in [0.25, 0.3) is 0 Å². The third kappa shape index (κ3) is 3.33. The smallest absolute Gasteiger partial charge is 0.165 e. The van der Waals surface area contributed by atoms with Gasteiger partial charge in [-0.15, -0.1) is 11.6 Å². The number of hydrogen-bond donors (Lipinski definition) is 0. The molecule has 2 nitrogen and oxygen atoms in total. The number of ether oxygens (including phenoxy) is 2. The number of halogens is 3. The molecule has 0 saturated heterocycles. The van der Waals surface area contributed by atoms with Gasteiger partial charge in [0.1, 0.15) is 5.75 Å². The van der Waals surface area contributed by atoms with Crippen LogP contribution < -0.4 is 9.47 Å². The summed E-state index contributed by atoms with van der Waals surface area (Å²) in [6, 6.07) is 8.42. The maximum absolute atomic E-state index is 13.5. The van der Waals surface area contributed by atoms with Crippen molar-refractivity contribution in [1.82, 2.24) is 0 Å². The van der Waals surface area contributed by atoms with Crippen molar-refractivity contribution >= 4 is 27.5 Å². The van der Waals surface area contributed by atoms with Gasteiger partial charge in [0.25, 0.3) is 0 Å². The van der Waals surface area contributed by atoms with E-state index in [4.69, 9.17) is 21.1 Å². The van der Waals surface area contributed by atoms with Gasteiger partial charge in [-0.2, -0.15) is 0 Å². The van der Waals surface area contributed by atoms with Gasteiger partial charge in [-0.25, -0.2) is 4.39 Å². The lowest BCUT2D eigenvalue weighted by Crippen LogP contribution is -2.00. The van der Waals surface area contributed by atoms with Crippen molar-refractivity contribution in [3.63, 3.8) is 0 Å². The summed E-state index contributed by atoms with van der Waals surface area (Å²) in [6.45, 7) is 1.97. The molecule has 21 heavy (non-hydrogen) atoms. The monoisotopic (exact) mass is 372 g/mol. The zero-order chi connectivity index (χ0) is 15.6. The minimum absolute atomic E-state index is 0.170. The standard InChI is InChI=1S/C16H15BrClFO2/c1-9-6-14(20-2)11(8-12(9)17)16(18)10-4-5-13(19)15(7-10)21-3/h4-8,16H,1-3H3. The fraction of sp³-hybridized carbons (Fsp3) is 0.250. The second-order valence-corrected chi connectivity index (χ2v) is 5.89. The highest BCUT2D eigenvalue weighted by atomic mass is 79.9. The highest BCUT2D eigenvalue weighted by Gasteiger charge is 2.19. The lowest BCUT2D eigenvalue weighted by Gasteiger charge is -2.17. The van der Waals surface area contributed by atoms with E-state index >= 15 is 0 Å². The number of hydrogen-bond acceptors (Lipinski definition) is 2. The molecular formula is C16H15BrClFO2. The summed E-state index contributed by atoms with van der Waals surface area (Å²) in [5.74, 6) is 0.449. The van der Waals surface area contributed by atoms with Gasteiger partial charge >= 0.3 is 0 Å². The molecule has 0 bridgehead atoms. The van der Waals surface area contributed by atoms with E-state index in [1.165, 1.54) is 13.2 Å². The molecule has 5 heteroatoms. The average molecular weight is 374 g/mol. The summed E-state index contributed by atoms with van der Waals surface area (Å²) in [5, 5.41) is -0.466. The van der Waals surface area contributed by atoms with E-state index in [0.29, 0.717) is 5.75 Å². The third-order valence-electron chi connectivity index (χ3n) is 3.25. The van der Waals surface area contributed by atoms with Crippen LogP contribution in [0.15, 0.2) is 34.8 Å². The molecule has 0 saturated carbocycles. The van der Waals surface area contributed by atoms with Gasteiger partial charge < -0.3 is 9.47 Å². The zero-order valence-electron chi connectivity index (χ0n) is 11.9. The maximum atomic E-state index is 13.5. The maximum Gasteiger partial charge on any atom is 0.165 e. The summed E-state index contributed by atoms with van der Waals surface area (Å²) in [6.07, 6.45) is 0. The first-order valence-corrected chi connectivity index (χ1v) is 7.52. The SMILES string of the molecule is COc1cc(C(Cl)c2cc(Br)c(C)cc2OC)ccc1F. The van der Waals surface area contributed by atoms with Gasteiger partial charge in [-0.3, -0.25) is 0 Å². The summed E-state index contributed by atoms with van der Waals surface area (Å²) in [4.78, 5) is 0. The quantitative estimate of drug-likeness (QED) is 0.682. The summed E-state index contributed by atoms with van der Waals surface area (Å²) in [7, 11) is 3.02. The predicted octanol–water partition coefficient (Wildman–Crippen LogP) is 5.24. The second-order valence-electron chi connectivity index (χ2n) is 4.60. The van der Waals surface area contributed by atoms with E-state index in [2.05, 4.69) is 15.9 Å². The Hall–Kier alpha value is -1.26. The van der Waals surface area contributed by atoms with Gasteiger partial charge in [0.2, 0.25) is 0 Å². The summed E-state index contributed by atoms with van der Waals surface area (Å²) in [5.41, 5.74) is 2.60. The Morgan fingerprint density at radius 2 is 1.76 bits per heavy atom. The molecule has 1 unspecified atom stereocenters. The highest BCUT2D eigenvalue weighted by molar-refractivity contribution is 9.10. The molecule has 0 spiro atoms. The Kier molecular flexibility index (Phi) is 5.12. The van der Waals surface area contributed by atoms with Crippen molar-refractivity contribution in [3.05, 3.63) is 57.3 Å². The summed E-state index contributed by atoms with van der Waals surface area (Å²) < 4.78 is 24.8. The molecule has 0 aliphatic heterocycles. The van der Waals surface area contributed by atoms with Crippen LogP contribution in [0.2, 0.25) is 0 Å². The first-order valence-electron chi connectivity index (χ1n) is 6.29. The Balaban J connectivity index is 2.49. The first-order chi connectivity index (χ1) is 9.97. The van der Waals surface area contributed by atoms with Crippen LogP contribution in [0.4, 0.5) is 4.39 Å². The summed E-state index contributed by atoms with van der Waals surface area (Å²) >= 11 is 10.0. The van der Waals surface area contributed by atoms with E-state index in [1.807, 2.05) is 19.1 Å². The molecular weight excluding hydrogens is 359 g/mol. The van der Waals surface area contributed by atoms with Crippen LogP contribution in [0.3, 0.4) is 0 Å².